The summed E-state index contributed by atoms with van der Waals surface area (Å²) in [4.78, 5) is 16.4. The lowest BCUT2D eigenvalue weighted by atomic mass is 9.46. The molecular formula is C13H20N4O3. The van der Waals surface area contributed by atoms with Crippen LogP contribution in [0, 0.1) is 11.3 Å². The molecule has 0 radical (unpaired) electrons. The summed E-state index contributed by atoms with van der Waals surface area (Å²) in [6.45, 7) is 4.97. The minimum Gasteiger partial charge on any atom is -0.377 e. The van der Waals surface area contributed by atoms with E-state index in [4.69, 9.17) is 10.5 Å². The molecule has 1 aromatic rings. The van der Waals surface area contributed by atoms with E-state index >= 15 is 0 Å². The molecule has 1 aliphatic heterocycles. The summed E-state index contributed by atoms with van der Waals surface area (Å²) in [6, 6.07) is 0. The Morgan fingerprint density at radius 3 is 3.10 bits per heavy atom. The molecule has 0 bridgehead atoms. The summed E-state index contributed by atoms with van der Waals surface area (Å²) in [5, 5.41) is 6.48. The standard InChI is InChI=1S/C13H20N4O3/c1-12(2)10-8(4-3-5-19-10)13(12,14)11(18)15-6-9-16-7-20-17-9/h7-8,10H,3-6,14H2,1-2H3,(H,15,18). The van der Waals surface area contributed by atoms with Crippen molar-refractivity contribution in [3.05, 3.63) is 12.2 Å². The fraction of sp³-hybridized carbons (Fsp3) is 0.769. The summed E-state index contributed by atoms with van der Waals surface area (Å²) in [7, 11) is 0. The number of aromatic nitrogens is 2. The van der Waals surface area contributed by atoms with Crippen molar-refractivity contribution in [1.29, 1.82) is 0 Å². The number of hydrogen-bond donors (Lipinski definition) is 2. The van der Waals surface area contributed by atoms with Crippen molar-refractivity contribution >= 4 is 5.91 Å². The van der Waals surface area contributed by atoms with Crippen LogP contribution in [-0.4, -0.2) is 34.3 Å². The number of ether oxygens (including phenoxy) is 1. The zero-order valence-corrected chi connectivity index (χ0v) is 11.8. The molecule has 0 spiro atoms. The molecule has 0 aromatic carbocycles. The number of nitrogens with two attached hydrogens (primary N) is 1. The minimum absolute atomic E-state index is 0.0668. The average molecular weight is 280 g/mol. The van der Waals surface area contributed by atoms with Gasteiger partial charge in [-0.2, -0.15) is 4.98 Å². The summed E-state index contributed by atoms with van der Waals surface area (Å²) < 4.78 is 10.4. The van der Waals surface area contributed by atoms with E-state index in [1.165, 1.54) is 6.39 Å². The SMILES string of the molecule is CC1(C)C2OCCCC2C1(N)C(=O)NCc1ncon1. The summed E-state index contributed by atoms with van der Waals surface area (Å²) >= 11 is 0. The van der Waals surface area contributed by atoms with E-state index in [9.17, 15) is 4.79 Å². The van der Waals surface area contributed by atoms with Crippen LogP contribution in [0.2, 0.25) is 0 Å². The average Bonchev–Trinajstić information content (AvgIpc) is 2.97. The molecule has 20 heavy (non-hydrogen) atoms. The van der Waals surface area contributed by atoms with Gasteiger partial charge in [0.15, 0.2) is 5.82 Å². The van der Waals surface area contributed by atoms with Gasteiger partial charge in [0.25, 0.3) is 0 Å². The number of fused-ring (bicyclic) bond motifs is 1. The molecule has 2 heterocycles. The van der Waals surface area contributed by atoms with Crippen molar-refractivity contribution in [2.24, 2.45) is 17.1 Å². The van der Waals surface area contributed by atoms with E-state index in [0.717, 1.165) is 19.4 Å². The van der Waals surface area contributed by atoms with Crippen LogP contribution >= 0.6 is 0 Å². The summed E-state index contributed by atoms with van der Waals surface area (Å²) in [5.41, 5.74) is 5.19. The first-order valence-corrected chi connectivity index (χ1v) is 6.92. The van der Waals surface area contributed by atoms with E-state index in [0.29, 0.717) is 5.82 Å². The monoisotopic (exact) mass is 280 g/mol. The van der Waals surface area contributed by atoms with E-state index < -0.39 is 5.54 Å². The van der Waals surface area contributed by atoms with Gasteiger partial charge in [-0.25, -0.2) is 0 Å². The second kappa shape index (κ2) is 4.53. The number of amides is 1. The molecule has 1 aliphatic carbocycles. The zero-order chi connectivity index (χ0) is 14.4. The molecule has 7 heteroatoms. The Kier molecular flexibility index (Phi) is 3.06. The Balaban J connectivity index is 1.72. The third kappa shape index (κ3) is 1.69. The van der Waals surface area contributed by atoms with Gasteiger partial charge in [0.05, 0.1) is 12.6 Å². The first-order valence-electron chi connectivity index (χ1n) is 6.92. The molecule has 1 amide bonds. The molecule has 2 fully saturated rings. The van der Waals surface area contributed by atoms with Crippen molar-refractivity contribution in [1.82, 2.24) is 15.5 Å². The van der Waals surface area contributed by atoms with Gasteiger partial charge < -0.3 is 20.3 Å². The maximum absolute atomic E-state index is 12.5. The fourth-order valence-electron chi connectivity index (χ4n) is 3.61. The molecule has 1 aromatic heterocycles. The van der Waals surface area contributed by atoms with Gasteiger partial charge >= 0.3 is 0 Å². The topological polar surface area (TPSA) is 103 Å². The lowest BCUT2D eigenvalue weighted by molar-refractivity contribution is -0.225. The van der Waals surface area contributed by atoms with Gasteiger partial charge in [0.2, 0.25) is 12.3 Å². The molecule has 3 N–H and O–H groups in total. The highest BCUT2D eigenvalue weighted by Gasteiger charge is 2.70. The van der Waals surface area contributed by atoms with Crippen molar-refractivity contribution in [3.8, 4) is 0 Å². The van der Waals surface area contributed by atoms with Gasteiger partial charge in [-0.3, -0.25) is 4.79 Å². The Labute approximate surface area is 117 Å². The smallest absolute Gasteiger partial charge is 0.241 e. The second-order valence-electron chi connectivity index (χ2n) is 6.16. The highest BCUT2D eigenvalue weighted by Crippen LogP contribution is 2.57. The summed E-state index contributed by atoms with van der Waals surface area (Å²) in [6.07, 6.45) is 3.18. The van der Waals surface area contributed by atoms with Gasteiger partial charge in [0.1, 0.15) is 5.54 Å². The largest absolute Gasteiger partial charge is 0.377 e. The van der Waals surface area contributed by atoms with E-state index in [-0.39, 0.29) is 29.9 Å². The fourth-order valence-corrected chi connectivity index (χ4v) is 3.61. The molecule has 3 unspecified atom stereocenters. The number of rotatable bonds is 3. The van der Waals surface area contributed by atoms with Gasteiger partial charge in [-0.15, -0.1) is 0 Å². The predicted octanol–water partition coefficient (Wildman–Crippen LogP) is 0.218. The Morgan fingerprint density at radius 1 is 1.60 bits per heavy atom. The molecule has 1 saturated carbocycles. The van der Waals surface area contributed by atoms with Crippen LogP contribution in [0.1, 0.15) is 32.5 Å². The van der Waals surface area contributed by atoms with Crippen molar-refractivity contribution in [2.45, 2.75) is 44.9 Å². The van der Waals surface area contributed by atoms with Crippen LogP contribution in [0.5, 0.6) is 0 Å². The summed E-state index contributed by atoms with van der Waals surface area (Å²) in [5.74, 6) is 0.353. The molecule has 2 aliphatic rings. The Bertz CT molecular complexity index is 502. The highest BCUT2D eigenvalue weighted by molar-refractivity contribution is 5.89. The van der Waals surface area contributed by atoms with Crippen LogP contribution in [0.15, 0.2) is 10.9 Å². The maximum Gasteiger partial charge on any atom is 0.241 e. The second-order valence-corrected chi connectivity index (χ2v) is 6.16. The Morgan fingerprint density at radius 2 is 2.40 bits per heavy atom. The molecule has 3 atom stereocenters. The van der Waals surface area contributed by atoms with Crippen LogP contribution in [-0.2, 0) is 16.1 Å². The van der Waals surface area contributed by atoms with Gasteiger partial charge in [-0.05, 0) is 12.8 Å². The molecular weight excluding hydrogens is 260 g/mol. The number of hydrogen-bond acceptors (Lipinski definition) is 6. The lowest BCUT2D eigenvalue weighted by Crippen LogP contribution is -2.82. The van der Waals surface area contributed by atoms with Crippen molar-refractivity contribution in [3.63, 3.8) is 0 Å². The van der Waals surface area contributed by atoms with Gasteiger partial charge in [0, 0.05) is 17.9 Å². The highest BCUT2D eigenvalue weighted by atomic mass is 16.5. The Hall–Kier alpha value is -1.47. The number of nitrogens with zero attached hydrogens (tertiary/aromatic N) is 2. The number of carbonyl (C=O) groups is 1. The normalized spacial score (nSPS) is 35.0. The zero-order valence-electron chi connectivity index (χ0n) is 11.8. The first-order chi connectivity index (χ1) is 9.48. The third-order valence-corrected chi connectivity index (χ3v) is 4.87. The number of nitrogens with one attached hydrogen (secondary N) is 1. The van der Waals surface area contributed by atoms with Crippen LogP contribution in [0.4, 0.5) is 0 Å². The quantitative estimate of drug-likeness (QED) is 0.821. The molecule has 110 valence electrons. The predicted molar refractivity (Wildman–Crippen MR) is 69.3 cm³/mol. The molecule has 7 nitrogen and oxygen atoms in total. The van der Waals surface area contributed by atoms with E-state index in [1.54, 1.807) is 0 Å². The number of carbonyl (C=O) groups excluding carboxylic acids is 1. The van der Waals surface area contributed by atoms with Crippen molar-refractivity contribution in [2.75, 3.05) is 6.61 Å². The first kappa shape index (κ1) is 13.5. The molecule has 3 rings (SSSR count). The van der Waals surface area contributed by atoms with Crippen LogP contribution in [0.3, 0.4) is 0 Å². The van der Waals surface area contributed by atoms with Crippen molar-refractivity contribution < 1.29 is 14.1 Å². The van der Waals surface area contributed by atoms with E-state index in [1.807, 2.05) is 13.8 Å². The van der Waals surface area contributed by atoms with Gasteiger partial charge in [-0.1, -0.05) is 19.0 Å². The van der Waals surface area contributed by atoms with Crippen LogP contribution in [0.25, 0.3) is 0 Å². The molecule has 1 saturated heterocycles. The maximum atomic E-state index is 12.5. The van der Waals surface area contributed by atoms with Crippen LogP contribution < -0.4 is 11.1 Å². The van der Waals surface area contributed by atoms with E-state index in [2.05, 4.69) is 20.0 Å². The lowest BCUT2D eigenvalue weighted by Gasteiger charge is -2.65. The minimum atomic E-state index is -0.901. The third-order valence-electron chi connectivity index (χ3n) is 4.87.